The molecule has 130 valence electrons. The van der Waals surface area contributed by atoms with Crippen molar-refractivity contribution in [1.29, 1.82) is 0 Å². The molecule has 1 aromatic heterocycles. The van der Waals surface area contributed by atoms with Gasteiger partial charge in [-0.05, 0) is 42.2 Å². The molecule has 0 saturated carbocycles. The molecule has 1 unspecified atom stereocenters. The Morgan fingerprint density at radius 2 is 1.96 bits per heavy atom. The van der Waals surface area contributed by atoms with Crippen LogP contribution in [0.3, 0.4) is 0 Å². The predicted octanol–water partition coefficient (Wildman–Crippen LogP) is 2.56. The molecule has 2 fully saturated rings. The van der Waals surface area contributed by atoms with E-state index in [0.717, 1.165) is 25.9 Å². The van der Waals surface area contributed by atoms with Gasteiger partial charge in [0.2, 0.25) is 11.8 Å². The third-order valence-corrected chi connectivity index (χ3v) is 5.74. The van der Waals surface area contributed by atoms with Crippen molar-refractivity contribution in [3.8, 4) is 0 Å². The number of amides is 2. The Labute approximate surface area is 147 Å². The molecule has 1 atom stereocenters. The number of carbonyl (C=O) groups excluding carboxylic acids is 2. The first kappa shape index (κ1) is 16.1. The van der Waals surface area contributed by atoms with Crippen LogP contribution in [0.5, 0.6) is 0 Å². The molecule has 25 heavy (non-hydrogen) atoms. The highest BCUT2D eigenvalue weighted by Crippen LogP contribution is 2.33. The highest BCUT2D eigenvalue weighted by Gasteiger charge is 2.37. The molecule has 0 aliphatic carbocycles. The Morgan fingerprint density at radius 3 is 2.68 bits per heavy atom. The fraction of sp³-hybridized carbons (Fsp3) is 0.450. The van der Waals surface area contributed by atoms with Crippen LogP contribution in [0.4, 0.5) is 0 Å². The van der Waals surface area contributed by atoms with E-state index in [-0.39, 0.29) is 17.9 Å². The first-order chi connectivity index (χ1) is 12.1. The number of likely N-dealkylation sites (tertiary alicyclic amines) is 2. The number of likely N-dealkylation sites (N-methyl/N-ethyl adjacent to an activating group) is 1. The second-order valence-corrected chi connectivity index (χ2v) is 7.10. The zero-order chi connectivity index (χ0) is 17.4. The second kappa shape index (κ2) is 6.47. The van der Waals surface area contributed by atoms with Crippen molar-refractivity contribution in [1.82, 2.24) is 14.8 Å². The first-order valence-corrected chi connectivity index (χ1v) is 9.02. The number of pyridine rings is 1. The van der Waals surface area contributed by atoms with E-state index in [4.69, 9.17) is 0 Å². The average molecular weight is 337 g/mol. The van der Waals surface area contributed by atoms with Crippen molar-refractivity contribution in [3.05, 3.63) is 42.2 Å². The maximum absolute atomic E-state index is 12.7. The minimum absolute atomic E-state index is 0.0811. The van der Waals surface area contributed by atoms with Gasteiger partial charge in [-0.2, -0.15) is 0 Å². The molecule has 0 bridgehead atoms. The molecule has 2 aliphatic rings. The fourth-order valence-corrected chi connectivity index (χ4v) is 4.22. The lowest BCUT2D eigenvalue weighted by atomic mass is 9.86. The molecule has 5 nitrogen and oxygen atoms in total. The molecule has 2 aliphatic heterocycles. The van der Waals surface area contributed by atoms with Gasteiger partial charge in [0.25, 0.3) is 0 Å². The van der Waals surface area contributed by atoms with Gasteiger partial charge in [0.05, 0.1) is 0 Å². The predicted molar refractivity (Wildman–Crippen MR) is 96.1 cm³/mol. The van der Waals surface area contributed by atoms with E-state index in [2.05, 4.69) is 29.2 Å². The normalized spacial score (nSPS) is 22.0. The summed E-state index contributed by atoms with van der Waals surface area (Å²) in [7, 11) is 1.74. The van der Waals surface area contributed by atoms with Crippen LogP contribution in [-0.4, -0.2) is 52.8 Å². The van der Waals surface area contributed by atoms with Crippen LogP contribution in [0, 0.1) is 0 Å². The lowest BCUT2D eigenvalue weighted by molar-refractivity contribution is -0.141. The van der Waals surface area contributed by atoms with Crippen LogP contribution < -0.4 is 0 Å². The van der Waals surface area contributed by atoms with Crippen LogP contribution in [0.25, 0.3) is 10.8 Å². The summed E-state index contributed by atoms with van der Waals surface area (Å²) in [5.41, 5.74) is 1.36. The molecule has 0 N–H and O–H groups in total. The zero-order valence-electron chi connectivity index (χ0n) is 14.5. The summed E-state index contributed by atoms with van der Waals surface area (Å²) in [6.45, 7) is 1.53. The summed E-state index contributed by atoms with van der Waals surface area (Å²) in [6, 6.07) is 8.22. The molecule has 5 heteroatoms. The third kappa shape index (κ3) is 2.88. The van der Waals surface area contributed by atoms with E-state index >= 15 is 0 Å². The van der Waals surface area contributed by atoms with Crippen molar-refractivity contribution in [2.75, 3.05) is 20.1 Å². The average Bonchev–Trinajstić information content (AvgIpc) is 3.00. The van der Waals surface area contributed by atoms with Gasteiger partial charge in [0.1, 0.15) is 6.04 Å². The largest absolute Gasteiger partial charge is 0.341 e. The smallest absolute Gasteiger partial charge is 0.245 e. The minimum Gasteiger partial charge on any atom is -0.341 e. The quantitative estimate of drug-likeness (QED) is 0.846. The maximum Gasteiger partial charge on any atom is 0.245 e. The van der Waals surface area contributed by atoms with Crippen molar-refractivity contribution in [2.24, 2.45) is 0 Å². The molecule has 2 amide bonds. The highest BCUT2D eigenvalue weighted by atomic mass is 16.2. The van der Waals surface area contributed by atoms with E-state index in [1.54, 1.807) is 11.9 Å². The number of aromatic nitrogens is 1. The number of benzene rings is 1. The molecule has 4 rings (SSSR count). The summed E-state index contributed by atoms with van der Waals surface area (Å²) < 4.78 is 0. The summed E-state index contributed by atoms with van der Waals surface area (Å²) in [5.74, 6) is 0.671. The van der Waals surface area contributed by atoms with Crippen molar-refractivity contribution in [2.45, 2.75) is 37.6 Å². The molecule has 1 aromatic carbocycles. The van der Waals surface area contributed by atoms with Crippen molar-refractivity contribution >= 4 is 22.6 Å². The number of carbonyl (C=O) groups is 2. The molecule has 2 aromatic rings. The van der Waals surface area contributed by atoms with Crippen molar-refractivity contribution in [3.63, 3.8) is 0 Å². The number of fused-ring (bicyclic) bond motifs is 1. The van der Waals surface area contributed by atoms with E-state index in [0.29, 0.717) is 18.8 Å². The van der Waals surface area contributed by atoms with Gasteiger partial charge in [-0.15, -0.1) is 0 Å². The van der Waals surface area contributed by atoms with Crippen LogP contribution in [0.1, 0.15) is 37.2 Å². The van der Waals surface area contributed by atoms with Gasteiger partial charge in [-0.3, -0.25) is 14.6 Å². The molecule has 0 spiro atoms. The first-order valence-electron chi connectivity index (χ1n) is 9.02. The Hall–Kier alpha value is -2.43. The SMILES string of the molecule is CN1C(=O)CCC1C(=O)N1CCC(c2cccc3cnccc23)CC1. The molecular formula is C20H23N3O2. The summed E-state index contributed by atoms with van der Waals surface area (Å²) in [4.78, 5) is 32.2. The zero-order valence-corrected chi connectivity index (χ0v) is 14.5. The van der Waals surface area contributed by atoms with Gasteiger partial charge in [-0.1, -0.05) is 18.2 Å². The summed E-state index contributed by atoms with van der Waals surface area (Å²) in [6.07, 6.45) is 6.84. The minimum atomic E-state index is -0.257. The maximum atomic E-state index is 12.7. The number of rotatable bonds is 2. The van der Waals surface area contributed by atoms with Crippen LogP contribution >= 0.6 is 0 Å². The van der Waals surface area contributed by atoms with Gasteiger partial charge >= 0.3 is 0 Å². The molecule has 2 saturated heterocycles. The van der Waals surface area contributed by atoms with Crippen molar-refractivity contribution < 1.29 is 9.59 Å². The van der Waals surface area contributed by atoms with Gasteiger partial charge in [-0.25, -0.2) is 0 Å². The summed E-state index contributed by atoms with van der Waals surface area (Å²) in [5, 5.41) is 2.44. The molecular weight excluding hydrogens is 314 g/mol. The highest BCUT2D eigenvalue weighted by molar-refractivity contribution is 5.91. The number of piperidine rings is 1. The van der Waals surface area contributed by atoms with E-state index in [9.17, 15) is 9.59 Å². The van der Waals surface area contributed by atoms with Gasteiger partial charge in [0, 0.05) is 44.3 Å². The Bertz CT molecular complexity index is 806. The molecule has 0 radical (unpaired) electrons. The van der Waals surface area contributed by atoms with E-state index in [1.165, 1.54) is 16.3 Å². The number of hydrogen-bond acceptors (Lipinski definition) is 3. The van der Waals surface area contributed by atoms with Crippen LogP contribution in [0.2, 0.25) is 0 Å². The molecule has 3 heterocycles. The van der Waals surface area contributed by atoms with Gasteiger partial charge in [0.15, 0.2) is 0 Å². The van der Waals surface area contributed by atoms with Gasteiger partial charge < -0.3 is 9.80 Å². The third-order valence-electron chi connectivity index (χ3n) is 5.74. The fourth-order valence-electron chi connectivity index (χ4n) is 4.22. The number of nitrogens with zero attached hydrogens (tertiary/aromatic N) is 3. The Balaban J connectivity index is 1.46. The van der Waals surface area contributed by atoms with E-state index in [1.807, 2.05) is 17.3 Å². The second-order valence-electron chi connectivity index (χ2n) is 7.10. The van der Waals surface area contributed by atoms with E-state index < -0.39 is 0 Å². The number of hydrogen-bond donors (Lipinski definition) is 0. The van der Waals surface area contributed by atoms with Crippen LogP contribution in [-0.2, 0) is 9.59 Å². The Kier molecular flexibility index (Phi) is 4.15. The lowest BCUT2D eigenvalue weighted by Gasteiger charge is -2.35. The topological polar surface area (TPSA) is 53.5 Å². The standard InChI is InChI=1S/C20H23N3O2/c1-22-18(5-6-19(22)24)20(25)23-11-8-14(9-12-23)16-4-2-3-15-13-21-10-7-17(15)16/h2-4,7,10,13-14,18H,5-6,8-9,11-12H2,1H3. The Morgan fingerprint density at radius 1 is 1.16 bits per heavy atom. The van der Waals surface area contributed by atoms with Crippen LogP contribution in [0.15, 0.2) is 36.7 Å². The summed E-state index contributed by atoms with van der Waals surface area (Å²) >= 11 is 0. The monoisotopic (exact) mass is 337 g/mol. The lowest BCUT2D eigenvalue weighted by Crippen LogP contribution is -2.47.